The van der Waals surface area contributed by atoms with Gasteiger partial charge in [0.25, 0.3) is 0 Å². The summed E-state index contributed by atoms with van der Waals surface area (Å²) in [5, 5.41) is 0. The predicted octanol–water partition coefficient (Wildman–Crippen LogP) is 2.13. The number of ether oxygens (including phenoxy) is 2. The number of anilines is 2. The highest BCUT2D eigenvalue weighted by Crippen LogP contribution is 2.38. The number of nitrogen functional groups attached to an aromatic ring is 1. The van der Waals surface area contributed by atoms with Gasteiger partial charge in [-0.1, -0.05) is 13.8 Å². The Morgan fingerprint density at radius 2 is 1.82 bits per heavy atom. The molecule has 2 rings (SSSR count). The average molecular weight is 236 g/mol. The lowest BCUT2D eigenvalue weighted by Crippen LogP contribution is -2.24. The SMILES string of the molecule is CC(C)CN(C)c1cc2c(cc1N)OCCO2. The van der Waals surface area contributed by atoms with Crippen molar-refractivity contribution in [1.29, 1.82) is 0 Å². The fourth-order valence-corrected chi connectivity index (χ4v) is 2.07. The Bertz CT molecular complexity index is 405. The Kier molecular flexibility index (Phi) is 3.31. The molecule has 0 aromatic heterocycles. The summed E-state index contributed by atoms with van der Waals surface area (Å²) in [6.45, 7) is 6.52. The Morgan fingerprint density at radius 3 is 2.41 bits per heavy atom. The molecule has 0 fully saturated rings. The van der Waals surface area contributed by atoms with Gasteiger partial charge in [-0.05, 0) is 5.92 Å². The Labute approximate surface area is 102 Å². The van der Waals surface area contributed by atoms with E-state index in [1.54, 1.807) is 0 Å². The van der Waals surface area contributed by atoms with E-state index in [0.717, 1.165) is 29.4 Å². The maximum Gasteiger partial charge on any atom is 0.163 e. The summed E-state index contributed by atoms with van der Waals surface area (Å²) in [6.07, 6.45) is 0. The van der Waals surface area contributed by atoms with Crippen LogP contribution in [0.2, 0.25) is 0 Å². The highest BCUT2D eigenvalue weighted by Gasteiger charge is 2.16. The van der Waals surface area contributed by atoms with E-state index in [4.69, 9.17) is 15.2 Å². The minimum absolute atomic E-state index is 0.590. The van der Waals surface area contributed by atoms with Gasteiger partial charge in [-0.25, -0.2) is 0 Å². The van der Waals surface area contributed by atoms with E-state index in [1.807, 2.05) is 19.2 Å². The largest absolute Gasteiger partial charge is 0.486 e. The maximum absolute atomic E-state index is 6.04. The van der Waals surface area contributed by atoms with Crippen LogP contribution in [0, 0.1) is 5.92 Å². The number of rotatable bonds is 3. The Morgan fingerprint density at radius 1 is 1.24 bits per heavy atom. The second-order valence-corrected chi connectivity index (χ2v) is 4.83. The highest BCUT2D eigenvalue weighted by molar-refractivity contribution is 5.73. The van der Waals surface area contributed by atoms with Crippen LogP contribution >= 0.6 is 0 Å². The number of nitrogens with two attached hydrogens (primary N) is 1. The van der Waals surface area contributed by atoms with Gasteiger partial charge >= 0.3 is 0 Å². The van der Waals surface area contributed by atoms with Gasteiger partial charge in [0.15, 0.2) is 11.5 Å². The molecule has 4 nitrogen and oxygen atoms in total. The van der Waals surface area contributed by atoms with E-state index in [9.17, 15) is 0 Å². The molecule has 2 N–H and O–H groups in total. The molecule has 0 atom stereocenters. The lowest BCUT2D eigenvalue weighted by atomic mass is 10.1. The zero-order valence-electron chi connectivity index (χ0n) is 10.7. The molecule has 0 amide bonds. The molecular formula is C13H20N2O2. The van der Waals surface area contributed by atoms with Crippen LogP contribution in [0.1, 0.15) is 13.8 Å². The first kappa shape index (κ1) is 11.9. The molecule has 0 spiro atoms. The molecule has 1 aliphatic rings. The third-order valence-corrected chi connectivity index (χ3v) is 2.74. The molecule has 0 saturated carbocycles. The number of nitrogens with zero attached hydrogens (tertiary/aromatic N) is 1. The molecule has 0 saturated heterocycles. The maximum atomic E-state index is 6.04. The van der Waals surface area contributed by atoms with Gasteiger partial charge in [0.1, 0.15) is 13.2 Å². The van der Waals surface area contributed by atoms with Crippen molar-refractivity contribution in [2.24, 2.45) is 5.92 Å². The third kappa shape index (κ3) is 2.57. The average Bonchev–Trinajstić information content (AvgIpc) is 2.27. The molecule has 1 aromatic carbocycles. The molecular weight excluding hydrogens is 216 g/mol. The lowest BCUT2D eigenvalue weighted by Gasteiger charge is -2.26. The van der Waals surface area contributed by atoms with Crippen molar-refractivity contribution in [2.45, 2.75) is 13.8 Å². The fraction of sp³-hybridized carbons (Fsp3) is 0.538. The molecule has 0 bridgehead atoms. The van der Waals surface area contributed by atoms with Crippen molar-refractivity contribution < 1.29 is 9.47 Å². The summed E-state index contributed by atoms with van der Waals surface area (Å²) in [5.74, 6) is 2.12. The van der Waals surface area contributed by atoms with E-state index < -0.39 is 0 Å². The summed E-state index contributed by atoms with van der Waals surface area (Å²) in [5.41, 5.74) is 7.78. The quantitative estimate of drug-likeness (QED) is 0.817. The van der Waals surface area contributed by atoms with Gasteiger partial charge in [0.05, 0.1) is 11.4 Å². The smallest absolute Gasteiger partial charge is 0.163 e. The monoisotopic (exact) mass is 236 g/mol. The van der Waals surface area contributed by atoms with Crippen LogP contribution in [0.3, 0.4) is 0 Å². The first-order chi connectivity index (χ1) is 8.08. The number of benzene rings is 1. The number of fused-ring (bicyclic) bond motifs is 1. The second-order valence-electron chi connectivity index (χ2n) is 4.83. The first-order valence-corrected chi connectivity index (χ1v) is 5.98. The molecule has 1 aromatic rings. The summed E-state index contributed by atoms with van der Waals surface area (Å²) in [7, 11) is 2.04. The molecule has 94 valence electrons. The molecule has 1 heterocycles. The van der Waals surface area contributed by atoms with Crippen LogP contribution in [0.15, 0.2) is 12.1 Å². The molecule has 1 aliphatic heterocycles. The van der Waals surface area contributed by atoms with Crippen molar-refractivity contribution in [2.75, 3.05) is 37.4 Å². The van der Waals surface area contributed by atoms with Crippen molar-refractivity contribution in [1.82, 2.24) is 0 Å². The lowest BCUT2D eigenvalue weighted by molar-refractivity contribution is 0.172. The highest BCUT2D eigenvalue weighted by atomic mass is 16.6. The fourth-order valence-electron chi connectivity index (χ4n) is 2.07. The second kappa shape index (κ2) is 4.73. The van der Waals surface area contributed by atoms with Crippen LogP contribution in [0.4, 0.5) is 11.4 Å². The van der Waals surface area contributed by atoms with Gasteiger partial charge in [-0.3, -0.25) is 0 Å². The van der Waals surface area contributed by atoms with Crippen molar-refractivity contribution in [3.63, 3.8) is 0 Å². The first-order valence-electron chi connectivity index (χ1n) is 5.98. The van der Waals surface area contributed by atoms with Crippen LogP contribution in [-0.2, 0) is 0 Å². The zero-order chi connectivity index (χ0) is 12.4. The van der Waals surface area contributed by atoms with Gasteiger partial charge in [0.2, 0.25) is 0 Å². The Hall–Kier alpha value is -1.58. The summed E-state index contributed by atoms with van der Waals surface area (Å²) in [6, 6.07) is 3.81. The molecule has 0 radical (unpaired) electrons. The third-order valence-electron chi connectivity index (χ3n) is 2.74. The molecule has 4 heteroatoms. The zero-order valence-corrected chi connectivity index (χ0v) is 10.7. The standard InChI is InChI=1S/C13H20N2O2/c1-9(2)8-15(3)11-7-13-12(6-10(11)14)16-4-5-17-13/h6-7,9H,4-5,8,14H2,1-3H3. The topological polar surface area (TPSA) is 47.7 Å². The van der Waals surface area contributed by atoms with E-state index in [1.165, 1.54) is 0 Å². The van der Waals surface area contributed by atoms with Crippen LogP contribution < -0.4 is 20.1 Å². The Balaban J connectivity index is 2.28. The van der Waals surface area contributed by atoms with Crippen molar-refractivity contribution in [3.8, 4) is 11.5 Å². The van der Waals surface area contributed by atoms with E-state index >= 15 is 0 Å². The summed E-state index contributed by atoms with van der Waals surface area (Å²) >= 11 is 0. The van der Waals surface area contributed by atoms with Gasteiger partial charge in [-0.2, -0.15) is 0 Å². The van der Waals surface area contributed by atoms with E-state index in [-0.39, 0.29) is 0 Å². The van der Waals surface area contributed by atoms with E-state index in [2.05, 4.69) is 18.7 Å². The van der Waals surface area contributed by atoms with Crippen LogP contribution in [0.25, 0.3) is 0 Å². The van der Waals surface area contributed by atoms with Gasteiger partial charge < -0.3 is 20.1 Å². The minimum atomic E-state index is 0.590. The normalized spacial score (nSPS) is 13.9. The summed E-state index contributed by atoms with van der Waals surface area (Å²) in [4.78, 5) is 2.15. The summed E-state index contributed by atoms with van der Waals surface area (Å²) < 4.78 is 11.1. The van der Waals surface area contributed by atoms with Gasteiger partial charge in [-0.15, -0.1) is 0 Å². The van der Waals surface area contributed by atoms with Crippen molar-refractivity contribution >= 4 is 11.4 Å². The molecule has 0 aliphatic carbocycles. The predicted molar refractivity (Wildman–Crippen MR) is 70.0 cm³/mol. The number of hydrogen-bond acceptors (Lipinski definition) is 4. The van der Waals surface area contributed by atoms with E-state index in [0.29, 0.717) is 19.1 Å². The minimum Gasteiger partial charge on any atom is -0.486 e. The number of hydrogen-bond donors (Lipinski definition) is 1. The van der Waals surface area contributed by atoms with Crippen LogP contribution in [0.5, 0.6) is 11.5 Å². The van der Waals surface area contributed by atoms with Crippen molar-refractivity contribution in [3.05, 3.63) is 12.1 Å². The van der Waals surface area contributed by atoms with Gasteiger partial charge in [0, 0.05) is 25.7 Å². The van der Waals surface area contributed by atoms with Crippen LogP contribution in [-0.4, -0.2) is 26.8 Å². The molecule has 17 heavy (non-hydrogen) atoms. The molecule has 0 unspecified atom stereocenters.